The first-order chi connectivity index (χ1) is 13.6. The zero-order valence-electron chi connectivity index (χ0n) is 15.7. The van der Waals surface area contributed by atoms with Crippen LogP contribution in [-0.4, -0.2) is 41.1 Å². The van der Waals surface area contributed by atoms with E-state index in [1.165, 1.54) is 23.1 Å². The molecule has 0 unspecified atom stereocenters. The minimum absolute atomic E-state index is 0.136. The zero-order chi connectivity index (χ0) is 19.7. The Hall–Kier alpha value is -2.59. The van der Waals surface area contributed by atoms with Gasteiger partial charge >= 0.3 is 0 Å². The molecule has 4 rings (SSSR count). The molecule has 1 N–H and O–H groups in total. The average molecular weight is 414 g/mol. The predicted molar refractivity (Wildman–Crippen MR) is 112 cm³/mol. The van der Waals surface area contributed by atoms with Crippen molar-refractivity contribution in [2.45, 2.75) is 44.1 Å². The summed E-state index contributed by atoms with van der Waals surface area (Å²) in [6.07, 6.45) is 0.631. The van der Waals surface area contributed by atoms with Crippen molar-refractivity contribution >= 4 is 56.2 Å². The van der Waals surface area contributed by atoms with Gasteiger partial charge in [0.1, 0.15) is 10.5 Å². The minimum Gasteiger partial charge on any atom is -0.324 e. The summed E-state index contributed by atoms with van der Waals surface area (Å²) < 4.78 is 2.12. The summed E-state index contributed by atoms with van der Waals surface area (Å²) in [5.41, 5.74) is 2.65. The fourth-order valence-corrected chi connectivity index (χ4v) is 4.45. The van der Waals surface area contributed by atoms with Crippen molar-refractivity contribution in [3.05, 3.63) is 29.3 Å². The SMILES string of the molecule is CC[C@@H](Sc1nnc2c3ccccc3n(CC)c2n1)C(=O)Nc1nnc(C)s1. The molecule has 1 atom stereocenters. The Morgan fingerprint density at radius 3 is 2.75 bits per heavy atom. The minimum atomic E-state index is -0.345. The fourth-order valence-electron chi connectivity index (χ4n) is 3.04. The van der Waals surface area contributed by atoms with E-state index in [9.17, 15) is 4.79 Å². The number of anilines is 1. The van der Waals surface area contributed by atoms with E-state index in [-0.39, 0.29) is 11.2 Å². The van der Waals surface area contributed by atoms with Gasteiger partial charge in [0.25, 0.3) is 0 Å². The van der Waals surface area contributed by atoms with Crippen LogP contribution in [-0.2, 0) is 11.3 Å². The molecular formula is C18H19N7OS2. The molecule has 0 fully saturated rings. The molecule has 1 aromatic carbocycles. The molecule has 0 saturated heterocycles. The van der Waals surface area contributed by atoms with Crippen LogP contribution in [0.2, 0.25) is 0 Å². The number of aryl methyl sites for hydroxylation is 2. The maximum Gasteiger partial charge on any atom is 0.239 e. The highest BCUT2D eigenvalue weighted by atomic mass is 32.2. The number of thioether (sulfide) groups is 1. The van der Waals surface area contributed by atoms with Gasteiger partial charge in [0, 0.05) is 11.9 Å². The lowest BCUT2D eigenvalue weighted by Gasteiger charge is -2.12. The van der Waals surface area contributed by atoms with E-state index in [0.717, 1.165) is 33.6 Å². The standard InChI is InChI=1S/C18H19N7OS2/c1-4-13(16(26)20-18-23-21-10(3)27-18)28-17-19-15-14(22-24-17)11-8-6-7-9-12(11)25(15)5-2/h6-9,13H,4-5H2,1-3H3,(H,20,23,26)/t13-/m1/s1. The van der Waals surface area contributed by atoms with Crippen molar-refractivity contribution in [1.29, 1.82) is 0 Å². The van der Waals surface area contributed by atoms with Crippen LogP contribution in [0.5, 0.6) is 0 Å². The summed E-state index contributed by atoms with van der Waals surface area (Å²) >= 11 is 2.66. The first-order valence-electron chi connectivity index (χ1n) is 9.00. The molecule has 144 valence electrons. The Kier molecular flexibility index (Phi) is 5.23. The van der Waals surface area contributed by atoms with E-state index < -0.39 is 0 Å². The smallest absolute Gasteiger partial charge is 0.239 e. The third-order valence-corrected chi connectivity index (χ3v) is 6.31. The lowest BCUT2D eigenvalue weighted by Crippen LogP contribution is -2.24. The van der Waals surface area contributed by atoms with Gasteiger partial charge in [-0.25, -0.2) is 4.98 Å². The first-order valence-corrected chi connectivity index (χ1v) is 10.7. The number of rotatable bonds is 6. The number of aromatic nitrogens is 6. The van der Waals surface area contributed by atoms with E-state index in [1.807, 2.05) is 32.0 Å². The van der Waals surface area contributed by atoms with Crippen LogP contribution < -0.4 is 5.32 Å². The number of hydrogen-bond acceptors (Lipinski definition) is 8. The molecule has 3 aromatic heterocycles. The highest BCUT2D eigenvalue weighted by molar-refractivity contribution is 8.00. The van der Waals surface area contributed by atoms with E-state index in [0.29, 0.717) is 16.7 Å². The molecule has 0 aliphatic heterocycles. The third-order valence-electron chi connectivity index (χ3n) is 4.34. The van der Waals surface area contributed by atoms with Gasteiger partial charge in [0.2, 0.25) is 16.2 Å². The summed E-state index contributed by atoms with van der Waals surface area (Å²) in [4.78, 5) is 17.3. The molecular weight excluding hydrogens is 394 g/mol. The Bertz CT molecular complexity index is 1150. The molecule has 4 aromatic rings. The zero-order valence-corrected chi connectivity index (χ0v) is 17.3. The Balaban J connectivity index is 1.62. The molecule has 3 heterocycles. The van der Waals surface area contributed by atoms with Gasteiger partial charge in [-0.15, -0.1) is 20.4 Å². The van der Waals surface area contributed by atoms with Crippen molar-refractivity contribution in [2.24, 2.45) is 0 Å². The van der Waals surface area contributed by atoms with Gasteiger partial charge in [-0.3, -0.25) is 10.1 Å². The monoisotopic (exact) mass is 413 g/mol. The predicted octanol–water partition coefficient (Wildman–Crippen LogP) is 3.67. The van der Waals surface area contributed by atoms with Crippen LogP contribution in [0, 0.1) is 6.92 Å². The van der Waals surface area contributed by atoms with E-state index in [4.69, 9.17) is 4.98 Å². The van der Waals surface area contributed by atoms with Crippen LogP contribution in [0.4, 0.5) is 5.13 Å². The Morgan fingerprint density at radius 1 is 1.21 bits per heavy atom. The van der Waals surface area contributed by atoms with Crippen LogP contribution in [0.15, 0.2) is 29.4 Å². The number of para-hydroxylation sites is 1. The lowest BCUT2D eigenvalue weighted by molar-refractivity contribution is -0.115. The maximum atomic E-state index is 12.6. The second-order valence-corrected chi connectivity index (χ2v) is 8.51. The molecule has 0 aliphatic carbocycles. The molecule has 0 spiro atoms. The molecule has 8 nitrogen and oxygen atoms in total. The number of amides is 1. The van der Waals surface area contributed by atoms with Crippen molar-refractivity contribution < 1.29 is 4.79 Å². The highest BCUT2D eigenvalue weighted by Crippen LogP contribution is 2.29. The van der Waals surface area contributed by atoms with Gasteiger partial charge in [-0.1, -0.05) is 48.2 Å². The Labute approximate surface area is 169 Å². The number of hydrogen-bond donors (Lipinski definition) is 1. The number of carbonyl (C=O) groups excluding carboxylic acids is 1. The number of carbonyl (C=O) groups is 1. The van der Waals surface area contributed by atoms with Crippen LogP contribution >= 0.6 is 23.1 Å². The van der Waals surface area contributed by atoms with Gasteiger partial charge in [0.15, 0.2) is 5.65 Å². The lowest BCUT2D eigenvalue weighted by atomic mass is 10.2. The molecule has 0 bridgehead atoms. The van der Waals surface area contributed by atoms with Gasteiger partial charge in [-0.05, 0) is 26.3 Å². The number of benzene rings is 1. The fraction of sp³-hybridized carbons (Fsp3) is 0.333. The van der Waals surface area contributed by atoms with Crippen LogP contribution in [0.1, 0.15) is 25.3 Å². The van der Waals surface area contributed by atoms with Crippen LogP contribution in [0.25, 0.3) is 22.1 Å². The van der Waals surface area contributed by atoms with E-state index in [2.05, 4.69) is 43.3 Å². The Morgan fingerprint density at radius 2 is 2.04 bits per heavy atom. The summed E-state index contributed by atoms with van der Waals surface area (Å²) in [5.74, 6) is -0.136. The van der Waals surface area contributed by atoms with E-state index in [1.54, 1.807) is 0 Å². The second kappa shape index (κ2) is 7.80. The number of nitrogens with zero attached hydrogens (tertiary/aromatic N) is 6. The normalized spacial score (nSPS) is 12.5. The summed E-state index contributed by atoms with van der Waals surface area (Å²) in [6.45, 7) is 6.66. The molecule has 0 aliphatic rings. The number of fused-ring (bicyclic) bond motifs is 3. The quantitative estimate of drug-likeness (QED) is 0.482. The number of nitrogens with one attached hydrogen (secondary N) is 1. The maximum absolute atomic E-state index is 12.6. The largest absolute Gasteiger partial charge is 0.324 e. The summed E-state index contributed by atoms with van der Waals surface area (Å²) in [6, 6.07) is 8.07. The summed E-state index contributed by atoms with van der Waals surface area (Å²) in [7, 11) is 0. The topological polar surface area (TPSA) is 98.5 Å². The second-order valence-electron chi connectivity index (χ2n) is 6.16. The molecule has 0 saturated carbocycles. The third kappa shape index (κ3) is 3.45. The first kappa shape index (κ1) is 18.8. The molecule has 0 radical (unpaired) electrons. The molecule has 1 amide bonds. The van der Waals surface area contributed by atoms with Gasteiger partial charge in [0.05, 0.1) is 10.8 Å². The average Bonchev–Trinajstić information content (AvgIpc) is 3.25. The summed E-state index contributed by atoms with van der Waals surface area (Å²) in [5, 5.41) is 21.8. The van der Waals surface area contributed by atoms with Crippen molar-refractivity contribution in [3.63, 3.8) is 0 Å². The van der Waals surface area contributed by atoms with Crippen LogP contribution in [0.3, 0.4) is 0 Å². The van der Waals surface area contributed by atoms with Gasteiger partial charge in [-0.2, -0.15) is 0 Å². The van der Waals surface area contributed by atoms with Crippen molar-refractivity contribution in [3.8, 4) is 0 Å². The van der Waals surface area contributed by atoms with E-state index >= 15 is 0 Å². The molecule has 28 heavy (non-hydrogen) atoms. The van der Waals surface area contributed by atoms with Crippen molar-refractivity contribution in [1.82, 2.24) is 29.9 Å². The van der Waals surface area contributed by atoms with Gasteiger partial charge < -0.3 is 4.57 Å². The molecule has 10 heteroatoms. The highest BCUT2D eigenvalue weighted by Gasteiger charge is 2.22. The van der Waals surface area contributed by atoms with Crippen molar-refractivity contribution in [2.75, 3.05) is 5.32 Å².